The summed E-state index contributed by atoms with van der Waals surface area (Å²) in [5.41, 5.74) is 2.34. The van der Waals surface area contributed by atoms with Crippen molar-refractivity contribution in [1.82, 2.24) is 9.29 Å². The van der Waals surface area contributed by atoms with Gasteiger partial charge in [-0.25, -0.2) is 19.2 Å². The molecule has 0 saturated heterocycles. The summed E-state index contributed by atoms with van der Waals surface area (Å²) in [6.45, 7) is 4.56. The Balaban J connectivity index is 3.25. The molecule has 3 N–H and O–H groups in total. The molecule has 120 valence electrons. The van der Waals surface area contributed by atoms with Crippen LogP contribution in [0.25, 0.3) is 0 Å². The van der Waals surface area contributed by atoms with Gasteiger partial charge < -0.3 is 10.2 Å². The van der Waals surface area contributed by atoms with Crippen LogP contribution in [-0.4, -0.2) is 44.0 Å². The molecule has 7 nitrogen and oxygen atoms in total. The van der Waals surface area contributed by atoms with E-state index in [2.05, 4.69) is 10.4 Å². The Morgan fingerprint density at radius 3 is 2.62 bits per heavy atom. The summed E-state index contributed by atoms with van der Waals surface area (Å²) in [6.07, 6.45) is 2.95. The van der Waals surface area contributed by atoms with E-state index in [1.54, 1.807) is 13.2 Å². The van der Waals surface area contributed by atoms with Gasteiger partial charge in [0.15, 0.2) is 5.82 Å². The monoisotopic (exact) mass is 316 g/mol. The highest BCUT2D eigenvalue weighted by Gasteiger charge is 2.31. The minimum absolute atomic E-state index is 0.0792. The van der Waals surface area contributed by atoms with E-state index in [-0.39, 0.29) is 16.8 Å². The summed E-state index contributed by atoms with van der Waals surface area (Å²) in [6, 6.07) is 2.99. The van der Waals surface area contributed by atoms with Gasteiger partial charge in [-0.1, -0.05) is 13.8 Å². The van der Waals surface area contributed by atoms with Crippen molar-refractivity contribution < 1.29 is 13.2 Å². The van der Waals surface area contributed by atoms with Gasteiger partial charge in [0.25, 0.3) is 0 Å². The topological polar surface area (TPSA) is 97.5 Å². The van der Waals surface area contributed by atoms with E-state index in [0.717, 1.165) is 12.8 Å². The van der Waals surface area contributed by atoms with Gasteiger partial charge in [-0.3, -0.25) is 0 Å². The van der Waals surface area contributed by atoms with Gasteiger partial charge in [0.1, 0.15) is 4.90 Å². The van der Waals surface area contributed by atoms with Crippen LogP contribution in [-0.2, 0) is 14.8 Å². The lowest BCUT2D eigenvalue weighted by Crippen LogP contribution is -2.42. The van der Waals surface area contributed by atoms with E-state index in [1.165, 1.54) is 16.6 Å². The fourth-order valence-corrected chi connectivity index (χ4v) is 4.07. The maximum absolute atomic E-state index is 12.9. The minimum atomic E-state index is -3.69. The first-order chi connectivity index (χ1) is 10.0. The fourth-order valence-electron chi connectivity index (χ4n) is 2.21. The molecule has 0 saturated carbocycles. The Bertz CT molecular complexity index is 532. The number of rotatable bonds is 9. The number of nitrogens with zero attached hydrogens (tertiary/aromatic N) is 2. The second-order valence-corrected chi connectivity index (χ2v) is 6.43. The zero-order chi connectivity index (χ0) is 15.9. The zero-order valence-corrected chi connectivity index (χ0v) is 13.6. The molecule has 21 heavy (non-hydrogen) atoms. The first-order valence-electron chi connectivity index (χ1n) is 6.95. The molecule has 1 aromatic rings. The first kappa shape index (κ1) is 17.8. The molecule has 0 aliphatic carbocycles. The number of anilines is 1. The summed E-state index contributed by atoms with van der Waals surface area (Å²) < 4.78 is 32.3. The molecular weight excluding hydrogens is 292 g/mol. The highest BCUT2D eigenvalue weighted by atomic mass is 32.2. The smallest absolute Gasteiger partial charge is 0.247 e. The molecule has 0 atom stereocenters. The molecule has 0 spiro atoms. The molecule has 0 amide bonds. The second-order valence-electron chi connectivity index (χ2n) is 4.57. The summed E-state index contributed by atoms with van der Waals surface area (Å²) in [4.78, 5) is 4.04. The van der Waals surface area contributed by atoms with E-state index in [1.807, 2.05) is 13.8 Å². The second kappa shape index (κ2) is 8.28. The highest BCUT2D eigenvalue weighted by Crippen LogP contribution is 2.25. The maximum Gasteiger partial charge on any atom is 0.247 e. The van der Waals surface area contributed by atoms with Crippen LogP contribution in [0.4, 0.5) is 5.82 Å². The van der Waals surface area contributed by atoms with Crippen LogP contribution in [0.5, 0.6) is 0 Å². The summed E-state index contributed by atoms with van der Waals surface area (Å²) in [5.74, 6) is 5.51. The zero-order valence-electron chi connectivity index (χ0n) is 12.7. The van der Waals surface area contributed by atoms with Gasteiger partial charge in [-0.15, -0.1) is 0 Å². The normalized spacial score (nSPS) is 12.1. The lowest BCUT2D eigenvalue weighted by Gasteiger charge is -2.29. The van der Waals surface area contributed by atoms with Crippen molar-refractivity contribution in [3.8, 4) is 0 Å². The van der Waals surface area contributed by atoms with Crippen molar-refractivity contribution in [3.05, 3.63) is 18.3 Å². The SMILES string of the molecule is CCC(CC)N(CCOC)S(=O)(=O)c1cccnc1NN. The Kier molecular flexibility index (Phi) is 7.03. The van der Waals surface area contributed by atoms with Gasteiger partial charge in [-0.2, -0.15) is 4.31 Å². The van der Waals surface area contributed by atoms with Crippen LogP contribution in [0.2, 0.25) is 0 Å². The van der Waals surface area contributed by atoms with Crippen molar-refractivity contribution >= 4 is 15.8 Å². The molecule has 0 bridgehead atoms. The first-order valence-corrected chi connectivity index (χ1v) is 8.39. The van der Waals surface area contributed by atoms with Crippen LogP contribution < -0.4 is 11.3 Å². The molecule has 0 aromatic carbocycles. The van der Waals surface area contributed by atoms with Crippen molar-refractivity contribution in [2.24, 2.45) is 5.84 Å². The van der Waals surface area contributed by atoms with Crippen LogP contribution >= 0.6 is 0 Å². The van der Waals surface area contributed by atoms with Gasteiger partial charge in [0, 0.05) is 25.9 Å². The molecular formula is C13H24N4O3S. The number of nitrogens with one attached hydrogen (secondary N) is 1. The van der Waals surface area contributed by atoms with Crippen LogP contribution in [0, 0.1) is 0 Å². The lowest BCUT2D eigenvalue weighted by molar-refractivity contribution is 0.163. The molecule has 1 heterocycles. The van der Waals surface area contributed by atoms with Crippen molar-refractivity contribution in [2.75, 3.05) is 25.7 Å². The predicted molar refractivity (Wildman–Crippen MR) is 82.2 cm³/mol. The molecule has 1 rings (SSSR count). The minimum Gasteiger partial charge on any atom is -0.383 e. The summed E-state index contributed by atoms with van der Waals surface area (Å²) in [7, 11) is -2.14. The third-order valence-electron chi connectivity index (χ3n) is 3.36. The predicted octanol–water partition coefficient (Wildman–Crippen LogP) is 1.19. The number of nitrogens with two attached hydrogens (primary N) is 1. The number of pyridine rings is 1. The Morgan fingerprint density at radius 2 is 2.10 bits per heavy atom. The van der Waals surface area contributed by atoms with Gasteiger partial charge >= 0.3 is 0 Å². The average Bonchev–Trinajstić information content (AvgIpc) is 2.51. The number of nitrogen functional groups attached to an aromatic ring is 1. The lowest BCUT2D eigenvalue weighted by atomic mass is 10.2. The third kappa shape index (κ3) is 4.13. The third-order valence-corrected chi connectivity index (χ3v) is 5.34. The number of ether oxygens (including phenoxy) is 1. The Morgan fingerprint density at radius 1 is 1.43 bits per heavy atom. The fraction of sp³-hybridized carbons (Fsp3) is 0.615. The largest absolute Gasteiger partial charge is 0.383 e. The average molecular weight is 316 g/mol. The van der Waals surface area contributed by atoms with E-state index >= 15 is 0 Å². The number of sulfonamides is 1. The van der Waals surface area contributed by atoms with Crippen molar-refractivity contribution in [1.29, 1.82) is 0 Å². The Hall–Kier alpha value is -1.22. The Labute approximate surface area is 126 Å². The number of hydrogen-bond donors (Lipinski definition) is 2. The van der Waals surface area contributed by atoms with Crippen LogP contribution in [0.1, 0.15) is 26.7 Å². The quantitative estimate of drug-likeness (QED) is 0.525. The van der Waals surface area contributed by atoms with Crippen molar-refractivity contribution in [3.63, 3.8) is 0 Å². The number of hydrazine groups is 1. The van der Waals surface area contributed by atoms with Crippen molar-refractivity contribution in [2.45, 2.75) is 37.6 Å². The van der Waals surface area contributed by atoms with E-state index in [4.69, 9.17) is 10.6 Å². The van der Waals surface area contributed by atoms with Gasteiger partial charge in [-0.05, 0) is 25.0 Å². The van der Waals surface area contributed by atoms with Crippen LogP contribution in [0.3, 0.4) is 0 Å². The molecule has 0 radical (unpaired) electrons. The summed E-state index contributed by atoms with van der Waals surface area (Å²) in [5, 5.41) is 0. The molecule has 0 unspecified atom stereocenters. The number of aromatic nitrogens is 1. The molecule has 0 aliphatic heterocycles. The van der Waals surface area contributed by atoms with Crippen LogP contribution in [0.15, 0.2) is 23.2 Å². The van der Waals surface area contributed by atoms with E-state index in [9.17, 15) is 8.42 Å². The molecule has 0 fully saturated rings. The molecule has 0 aliphatic rings. The van der Waals surface area contributed by atoms with E-state index < -0.39 is 10.0 Å². The summed E-state index contributed by atoms with van der Waals surface area (Å²) >= 11 is 0. The highest BCUT2D eigenvalue weighted by molar-refractivity contribution is 7.89. The van der Waals surface area contributed by atoms with E-state index in [0.29, 0.717) is 13.2 Å². The molecule has 8 heteroatoms. The maximum atomic E-state index is 12.9. The number of methoxy groups -OCH3 is 1. The van der Waals surface area contributed by atoms with Gasteiger partial charge in [0.05, 0.1) is 6.61 Å². The number of hydrogen-bond acceptors (Lipinski definition) is 6. The molecule has 1 aromatic heterocycles. The van der Waals surface area contributed by atoms with Gasteiger partial charge in [0.2, 0.25) is 10.0 Å². The standard InChI is InChI=1S/C13H24N4O3S/c1-4-11(5-2)17(9-10-20-3)21(18,19)12-7-6-8-15-13(12)16-14/h6-8,11H,4-5,9-10,14H2,1-3H3,(H,15,16).